The zero-order valence-corrected chi connectivity index (χ0v) is 56.2. The maximum Gasteiger partial charge on any atom is 0.306 e. The predicted molar refractivity (Wildman–Crippen MR) is 347 cm³/mol. The number of ether oxygens (including phenoxy) is 2. The Hall–Kier alpha value is -0.990. The third-order valence-electron chi connectivity index (χ3n) is 16.9. The van der Waals surface area contributed by atoms with Crippen molar-refractivity contribution >= 4 is 19.8 Å². The van der Waals surface area contributed by atoms with Gasteiger partial charge in [-0.05, 0) is 12.8 Å². The van der Waals surface area contributed by atoms with Gasteiger partial charge in [0.2, 0.25) is 0 Å². The van der Waals surface area contributed by atoms with Crippen LogP contribution in [0.3, 0.4) is 0 Å². The summed E-state index contributed by atoms with van der Waals surface area (Å²) in [5, 5.41) is 0. The summed E-state index contributed by atoms with van der Waals surface area (Å²) in [5.41, 5.74) is 0. The zero-order chi connectivity index (χ0) is 59.1. The van der Waals surface area contributed by atoms with Gasteiger partial charge in [0.25, 0.3) is 7.82 Å². The molecule has 0 N–H and O–H groups in total. The van der Waals surface area contributed by atoms with Gasteiger partial charge in [0.05, 0.1) is 27.7 Å². The van der Waals surface area contributed by atoms with Crippen LogP contribution in [0, 0.1) is 0 Å². The summed E-state index contributed by atoms with van der Waals surface area (Å²) in [5.74, 6) is -0.803. The Labute approximate surface area is 505 Å². The fraction of sp³-hybridized carbons (Fsp3) is 0.972. The van der Waals surface area contributed by atoms with Crippen molar-refractivity contribution < 1.29 is 42.1 Å². The van der Waals surface area contributed by atoms with Gasteiger partial charge in [-0.15, -0.1) is 0 Å². The van der Waals surface area contributed by atoms with Crippen LogP contribution in [0.4, 0.5) is 0 Å². The Morgan fingerprint density at radius 2 is 0.556 bits per heavy atom. The summed E-state index contributed by atoms with van der Waals surface area (Å²) in [6.45, 7) is 4.34. The molecule has 0 radical (unpaired) electrons. The molecule has 0 aromatic carbocycles. The Balaban J connectivity index is 3.94. The van der Waals surface area contributed by atoms with Crippen LogP contribution in [-0.2, 0) is 32.7 Å². The Morgan fingerprint density at radius 3 is 0.790 bits per heavy atom. The molecule has 0 aliphatic carbocycles. The number of unbranched alkanes of at least 4 members (excludes halogenated alkanes) is 55. The standard InChI is InChI=1S/C71H142NO8P/c1-6-8-10-12-14-16-18-20-22-24-26-28-30-32-33-34-35-36-37-38-40-42-44-46-48-50-52-54-56-58-60-62-64-71(74)80-69(68-79-81(75,76)78-66-65-72(3,4)5)67-77-70(73)63-61-59-57-55-53-51-49-47-45-43-41-39-31-29-27-25-23-21-19-17-15-13-11-9-7-2/h69H,6-68H2,1-5H3. The number of nitrogens with zero attached hydrogens (tertiary/aromatic N) is 1. The van der Waals surface area contributed by atoms with E-state index in [4.69, 9.17) is 18.5 Å². The normalized spacial score (nSPS) is 13.0. The van der Waals surface area contributed by atoms with Crippen molar-refractivity contribution in [2.45, 2.75) is 399 Å². The number of carbonyl (C=O) groups excluding carboxylic acids is 2. The molecule has 0 fully saturated rings. The first kappa shape index (κ1) is 80.0. The van der Waals surface area contributed by atoms with E-state index in [0.717, 1.165) is 32.1 Å². The zero-order valence-electron chi connectivity index (χ0n) is 55.3. The van der Waals surface area contributed by atoms with Crippen LogP contribution in [0.2, 0.25) is 0 Å². The Kier molecular flexibility index (Phi) is 62.7. The Morgan fingerprint density at radius 1 is 0.333 bits per heavy atom. The number of esters is 2. The lowest BCUT2D eigenvalue weighted by atomic mass is 10.0. The molecule has 0 aromatic heterocycles. The lowest BCUT2D eigenvalue weighted by Gasteiger charge is -2.28. The molecular formula is C71H142NO8P. The fourth-order valence-corrected chi connectivity index (χ4v) is 12.0. The van der Waals surface area contributed by atoms with E-state index in [0.29, 0.717) is 17.4 Å². The lowest BCUT2D eigenvalue weighted by molar-refractivity contribution is -0.870. The number of phosphoric acid groups is 1. The third kappa shape index (κ3) is 68.0. The summed E-state index contributed by atoms with van der Waals surface area (Å²) < 4.78 is 34.4. The summed E-state index contributed by atoms with van der Waals surface area (Å²) in [6, 6.07) is 0. The van der Waals surface area contributed by atoms with Crippen LogP contribution in [0.5, 0.6) is 0 Å². The maximum absolute atomic E-state index is 12.9. The SMILES string of the molecule is CCCCCCCCCCCCCCCCCCCCCCCCCCCCCCCCCCC(=O)OC(COC(=O)CCCCCCCCCCCCCCCCCCCCCCCCCCC)COP(=O)([O-])OCC[N+](C)(C)C. The van der Waals surface area contributed by atoms with Crippen LogP contribution >= 0.6 is 7.82 Å². The second-order valence-corrected chi connectivity index (χ2v) is 27.7. The minimum absolute atomic E-state index is 0.0248. The van der Waals surface area contributed by atoms with Gasteiger partial charge < -0.3 is 27.9 Å². The first-order valence-corrected chi connectivity index (χ1v) is 37.7. The highest BCUT2D eigenvalue weighted by molar-refractivity contribution is 7.45. The highest BCUT2D eigenvalue weighted by atomic mass is 31.2. The van der Waals surface area contributed by atoms with Crippen molar-refractivity contribution in [3.8, 4) is 0 Å². The van der Waals surface area contributed by atoms with Crippen LogP contribution in [0.1, 0.15) is 393 Å². The fourth-order valence-electron chi connectivity index (χ4n) is 11.3. The van der Waals surface area contributed by atoms with Crippen molar-refractivity contribution in [2.75, 3.05) is 47.5 Å². The monoisotopic (exact) mass is 1170 g/mol. The van der Waals surface area contributed by atoms with E-state index < -0.39 is 26.5 Å². The average Bonchev–Trinajstić information content (AvgIpc) is 3.43. The molecular weight excluding hydrogens is 1030 g/mol. The molecule has 484 valence electrons. The quantitative estimate of drug-likeness (QED) is 0.0256. The molecule has 10 heteroatoms. The molecule has 0 bridgehead atoms. The van der Waals surface area contributed by atoms with E-state index in [2.05, 4.69) is 13.8 Å². The van der Waals surface area contributed by atoms with E-state index in [1.807, 2.05) is 21.1 Å². The van der Waals surface area contributed by atoms with E-state index >= 15 is 0 Å². The van der Waals surface area contributed by atoms with Crippen molar-refractivity contribution in [2.24, 2.45) is 0 Å². The van der Waals surface area contributed by atoms with Gasteiger partial charge in [0.1, 0.15) is 19.8 Å². The van der Waals surface area contributed by atoms with E-state index in [9.17, 15) is 19.0 Å². The average molecular weight is 1170 g/mol. The number of carbonyl (C=O) groups is 2. The van der Waals surface area contributed by atoms with Gasteiger partial charge in [-0.1, -0.05) is 367 Å². The number of hydrogen-bond acceptors (Lipinski definition) is 8. The second kappa shape index (κ2) is 63.5. The number of likely N-dealkylation sites (N-methyl/N-ethyl adjacent to an activating group) is 1. The highest BCUT2D eigenvalue weighted by Crippen LogP contribution is 2.38. The molecule has 0 amide bonds. The van der Waals surface area contributed by atoms with Gasteiger partial charge in [0, 0.05) is 12.8 Å². The van der Waals surface area contributed by atoms with Gasteiger partial charge in [-0.3, -0.25) is 14.2 Å². The van der Waals surface area contributed by atoms with E-state index in [-0.39, 0.29) is 32.0 Å². The van der Waals surface area contributed by atoms with Gasteiger partial charge >= 0.3 is 11.9 Å². The molecule has 0 aliphatic heterocycles. The van der Waals surface area contributed by atoms with Gasteiger partial charge in [-0.25, -0.2) is 0 Å². The molecule has 0 aromatic rings. The molecule has 2 atom stereocenters. The molecule has 9 nitrogen and oxygen atoms in total. The smallest absolute Gasteiger partial charge is 0.306 e. The van der Waals surface area contributed by atoms with E-state index in [1.165, 1.54) is 327 Å². The van der Waals surface area contributed by atoms with E-state index in [1.54, 1.807) is 0 Å². The van der Waals surface area contributed by atoms with Crippen molar-refractivity contribution in [1.82, 2.24) is 0 Å². The van der Waals surface area contributed by atoms with Crippen LogP contribution in [0.25, 0.3) is 0 Å². The van der Waals surface area contributed by atoms with Crippen molar-refractivity contribution in [3.05, 3.63) is 0 Å². The molecule has 0 aliphatic rings. The first-order chi connectivity index (χ1) is 39.5. The number of hydrogen-bond donors (Lipinski definition) is 0. The molecule has 0 saturated heterocycles. The second-order valence-electron chi connectivity index (χ2n) is 26.3. The highest BCUT2D eigenvalue weighted by Gasteiger charge is 2.22. The molecule has 0 spiro atoms. The maximum atomic E-state index is 12.9. The lowest BCUT2D eigenvalue weighted by Crippen LogP contribution is -2.37. The molecule has 0 heterocycles. The summed E-state index contributed by atoms with van der Waals surface area (Å²) >= 11 is 0. The Bertz CT molecular complexity index is 1330. The summed E-state index contributed by atoms with van der Waals surface area (Å²) in [7, 11) is 1.20. The van der Waals surface area contributed by atoms with Gasteiger partial charge in [0.15, 0.2) is 6.10 Å². The number of quaternary nitrogens is 1. The minimum atomic E-state index is -4.63. The van der Waals surface area contributed by atoms with Crippen molar-refractivity contribution in [3.63, 3.8) is 0 Å². The van der Waals surface area contributed by atoms with Gasteiger partial charge in [-0.2, -0.15) is 0 Å². The first-order valence-electron chi connectivity index (χ1n) is 36.2. The minimum Gasteiger partial charge on any atom is -0.756 e. The predicted octanol–water partition coefficient (Wildman–Crippen LogP) is 22.7. The summed E-state index contributed by atoms with van der Waals surface area (Å²) in [6.07, 6.45) is 76.3. The summed E-state index contributed by atoms with van der Waals surface area (Å²) in [4.78, 5) is 38.1. The van der Waals surface area contributed by atoms with Crippen molar-refractivity contribution in [1.29, 1.82) is 0 Å². The molecule has 0 rings (SSSR count). The van der Waals surface area contributed by atoms with Crippen LogP contribution in [0.15, 0.2) is 0 Å². The van der Waals surface area contributed by atoms with Crippen LogP contribution in [-0.4, -0.2) is 70.0 Å². The largest absolute Gasteiger partial charge is 0.756 e. The third-order valence-corrected chi connectivity index (χ3v) is 17.8. The molecule has 0 saturated carbocycles. The topological polar surface area (TPSA) is 111 Å². The number of rotatable bonds is 69. The molecule has 81 heavy (non-hydrogen) atoms. The van der Waals surface area contributed by atoms with Crippen LogP contribution < -0.4 is 4.89 Å². The number of phosphoric ester groups is 1. The molecule has 2 unspecified atom stereocenters.